The maximum Gasteiger partial charge on any atom is 0.408 e. The molecule has 4 aliphatic rings. The summed E-state index contributed by atoms with van der Waals surface area (Å²) in [5, 5.41) is 19.6. The Hall–Kier alpha value is -3.67. The Morgan fingerprint density at radius 1 is 1.11 bits per heavy atom. The molecule has 0 bridgehead atoms. The van der Waals surface area contributed by atoms with E-state index in [4.69, 9.17) is 17.0 Å². The molecule has 3 heterocycles. The number of carboxylic acids is 1. The van der Waals surface area contributed by atoms with Crippen molar-refractivity contribution in [3.63, 3.8) is 0 Å². The number of benzene rings is 1. The number of ether oxygens (including phenoxy) is 1. The zero-order chi connectivity index (χ0) is 32.4. The molecule has 0 spiro atoms. The molecule has 1 aromatic carbocycles. The van der Waals surface area contributed by atoms with Crippen LogP contribution in [0.4, 0.5) is 4.79 Å². The van der Waals surface area contributed by atoms with Crippen LogP contribution in [0.5, 0.6) is 0 Å². The summed E-state index contributed by atoms with van der Waals surface area (Å²) in [7, 11) is 0. The predicted octanol–water partition coefficient (Wildman–Crippen LogP) is 3.26. The standard InChI is InChI=1S/C33H45N5O6S/c1-32(2,3)44-31(43)35-25-14-8-6-4-5-7-13-23-18-33(23,29(41)42)36-27(39)26-17-24(20-38(26)28(25)40)34-30(45)37-16-15-21-11-9-10-12-22(21)19-37/h7,9-13,23-26H,4-6,8,14-20H2,1-3H3,(H,34,45)(H,35,43)(H,36,39)(H,41,42)/t23-,24-,25+,26+,33-/m1/s1. The normalized spacial score (nSPS) is 28.8. The molecule has 0 unspecified atom stereocenters. The van der Waals surface area contributed by atoms with E-state index >= 15 is 0 Å². The number of rotatable bonds is 3. The molecular formula is C33H45N5O6S. The van der Waals surface area contributed by atoms with Crippen LogP contribution in [0.25, 0.3) is 0 Å². The summed E-state index contributed by atoms with van der Waals surface area (Å²) < 4.78 is 5.46. The largest absolute Gasteiger partial charge is 0.479 e. The van der Waals surface area contributed by atoms with Crippen molar-refractivity contribution in [1.29, 1.82) is 0 Å². The van der Waals surface area contributed by atoms with Gasteiger partial charge < -0.3 is 35.6 Å². The minimum absolute atomic E-state index is 0.178. The van der Waals surface area contributed by atoms with E-state index in [0.29, 0.717) is 30.9 Å². The molecule has 45 heavy (non-hydrogen) atoms. The van der Waals surface area contributed by atoms with Crippen molar-refractivity contribution in [2.75, 3.05) is 13.1 Å². The van der Waals surface area contributed by atoms with Crippen LogP contribution in [-0.2, 0) is 32.1 Å². The number of thiocarbonyl (C=S) groups is 1. The number of alkyl carbamates (subject to hydrolysis) is 1. The van der Waals surface area contributed by atoms with Crippen molar-refractivity contribution in [3.8, 4) is 0 Å². The van der Waals surface area contributed by atoms with Crippen LogP contribution in [0.3, 0.4) is 0 Å². The Balaban J connectivity index is 1.36. The lowest BCUT2D eigenvalue weighted by Crippen LogP contribution is -2.56. The van der Waals surface area contributed by atoms with Crippen molar-refractivity contribution < 1.29 is 29.0 Å². The molecule has 12 heteroatoms. The lowest BCUT2D eigenvalue weighted by Gasteiger charge is -2.32. The number of nitrogens with one attached hydrogen (secondary N) is 3. The first-order valence-electron chi connectivity index (χ1n) is 16.0. The second-order valence-corrected chi connectivity index (χ2v) is 14.1. The summed E-state index contributed by atoms with van der Waals surface area (Å²) in [5.41, 5.74) is 0.374. The lowest BCUT2D eigenvalue weighted by molar-refractivity contribution is -0.145. The number of amides is 3. The molecule has 1 aliphatic carbocycles. The second-order valence-electron chi connectivity index (χ2n) is 13.7. The Bertz CT molecular complexity index is 1360. The molecule has 244 valence electrons. The Labute approximate surface area is 270 Å². The van der Waals surface area contributed by atoms with Crippen LogP contribution in [0.1, 0.15) is 76.8 Å². The Morgan fingerprint density at radius 2 is 1.87 bits per heavy atom. The monoisotopic (exact) mass is 639 g/mol. The smallest absolute Gasteiger partial charge is 0.408 e. The summed E-state index contributed by atoms with van der Waals surface area (Å²) in [6.45, 7) is 6.85. The van der Waals surface area contributed by atoms with E-state index < -0.39 is 47.1 Å². The highest BCUT2D eigenvalue weighted by Crippen LogP contribution is 2.45. The average Bonchev–Trinajstić information content (AvgIpc) is 3.51. The lowest BCUT2D eigenvalue weighted by atomic mass is 10.0. The van der Waals surface area contributed by atoms with Gasteiger partial charge in [0.25, 0.3) is 0 Å². The molecule has 5 rings (SSSR count). The number of fused-ring (bicyclic) bond motifs is 3. The van der Waals surface area contributed by atoms with Gasteiger partial charge in [0.2, 0.25) is 11.8 Å². The predicted molar refractivity (Wildman–Crippen MR) is 172 cm³/mol. The summed E-state index contributed by atoms with van der Waals surface area (Å²) in [4.78, 5) is 56.7. The minimum Gasteiger partial charge on any atom is -0.479 e. The van der Waals surface area contributed by atoms with Crippen molar-refractivity contribution >= 4 is 41.2 Å². The fourth-order valence-electron chi connectivity index (χ4n) is 6.59. The zero-order valence-electron chi connectivity index (χ0n) is 26.3. The third-order valence-electron chi connectivity index (χ3n) is 9.10. The molecule has 1 saturated heterocycles. The summed E-state index contributed by atoms with van der Waals surface area (Å²) >= 11 is 5.80. The third-order valence-corrected chi connectivity index (χ3v) is 9.47. The highest BCUT2D eigenvalue weighted by atomic mass is 32.1. The first-order valence-corrected chi connectivity index (χ1v) is 16.4. The van der Waals surface area contributed by atoms with Crippen LogP contribution in [0, 0.1) is 5.92 Å². The molecule has 5 atom stereocenters. The van der Waals surface area contributed by atoms with Crippen LogP contribution >= 0.6 is 12.2 Å². The van der Waals surface area contributed by atoms with Crippen molar-refractivity contribution in [1.82, 2.24) is 25.8 Å². The highest BCUT2D eigenvalue weighted by Gasteiger charge is 2.61. The van der Waals surface area contributed by atoms with Gasteiger partial charge in [0.15, 0.2) is 5.11 Å². The van der Waals surface area contributed by atoms with Crippen molar-refractivity contribution in [2.24, 2.45) is 5.92 Å². The quantitative estimate of drug-likeness (QED) is 0.290. The molecule has 2 fully saturated rings. The van der Waals surface area contributed by atoms with Gasteiger partial charge in [-0.3, -0.25) is 9.59 Å². The first kappa shape index (κ1) is 32.7. The van der Waals surface area contributed by atoms with Crippen molar-refractivity contribution in [2.45, 2.75) is 108 Å². The van der Waals surface area contributed by atoms with Crippen molar-refractivity contribution in [3.05, 3.63) is 47.5 Å². The Kier molecular flexibility index (Phi) is 9.71. The maximum atomic E-state index is 14.2. The van der Waals surface area contributed by atoms with Gasteiger partial charge in [-0.15, -0.1) is 0 Å². The van der Waals surface area contributed by atoms with E-state index in [2.05, 4.69) is 33.0 Å². The summed E-state index contributed by atoms with van der Waals surface area (Å²) in [6, 6.07) is 6.09. The molecule has 1 saturated carbocycles. The van der Waals surface area contributed by atoms with Gasteiger partial charge in [0.05, 0.1) is 0 Å². The number of hydrogen-bond acceptors (Lipinski definition) is 6. The SMILES string of the molecule is CC(C)(C)OC(=O)N[C@H]1CCCCCC=C[C@@H]2C[C@@]2(C(=O)O)NC(=O)[C@@H]2C[C@@H](NC(=S)N3CCc4ccccc4C3)CN2C1=O. The van der Waals surface area contributed by atoms with E-state index in [1.165, 1.54) is 16.0 Å². The fourth-order valence-corrected chi connectivity index (χ4v) is 6.91. The van der Waals surface area contributed by atoms with Gasteiger partial charge in [-0.25, -0.2) is 9.59 Å². The number of nitrogens with zero attached hydrogens (tertiary/aromatic N) is 2. The van der Waals surface area contributed by atoms with Crippen LogP contribution in [0.2, 0.25) is 0 Å². The van der Waals surface area contributed by atoms with Gasteiger partial charge in [0, 0.05) is 31.6 Å². The van der Waals surface area contributed by atoms with E-state index in [9.17, 15) is 24.3 Å². The van der Waals surface area contributed by atoms with E-state index in [1.54, 1.807) is 20.8 Å². The van der Waals surface area contributed by atoms with E-state index in [-0.39, 0.29) is 24.9 Å². The molecule has 3 amide bonds. The van der Waals surface area contributed by atoms with E-state index in [1.807, 2.05) is 24.3 Å². The van der Waals surface area contributed by atoms with E-state index in [0.717, 1.165) is 32.2 Å². The zero-order valence-corrected chi connectivity index (χ0v) is 27.2. The number of allylic oxidation sites excluding steroid dienone is 1. The van der Waals surface area contributed by atoms with Gasteiger partial charge in [-0.1, -0.05) is 49.3 Å². The van der Waals surface area contributed by atoms with Gasteiger partial charge in [0.1, 0.15) is 23.2 Å². The van der Waals surface area contributed by atoms with Crippen LogP contribution in [-0.4, -0.2) is 86.3 Å². The molecule has 4 N–H and O–H groups in total. The first-order chi connectivity index (χ1) is 21.4. The number of aliphatic carboxylic acids is 1. The average molecular weight is 640 g/mol. The number of carbonyl (C=O) groups excluding carboxylic acids is 3. The molecule has 11 nitrogen and oxygen atoms in total. The molecule has 1 aromatic rings. The highest BCUT2D eigenvalue weighted by molar-refractivity contribution is 7.80. The molecular weight excluding hydrogens is 594 g/mol. The maximum absolute atomic E-state index is 14.2. The summed E-state index contributed by atoms with van der Waals surface area (Å²) in [6.07, 6.45) is 8.11. The third kappa shape index (κ3) is 7.77. The molecule has 3 aliphatic heterocycles. The van der Waals surface area contributed by atoms with Crippen LogP contribution in [0.15, 0.2) is 36.4 Å². The molecule has 0 aromatic heterocycles. The number of carbonyl (C=O) groups is 4. The molecule has 0 radical (unpaired) electrons. The van der Waals surface area contributed by atoms with Gasteiger partial charge in [-0.2, -0.15) is 0 Å². The summed E-state index contributed by atoms with van der Waals surface area (Å²) in [5.74, 6) is -2.31. The Morgan fingerprint density at radius 3 is 2.60 bits per heavy atom. The van der Waals surface area contributed by atoms with Crippen LogP contribution < -0.4 is 16.0 Å². The number of hydrogen-bond donors (Lipinski definition) is 4. The van der Waals surface area contributed by atoms with Gasteiger partial charge in [-0.05, 0) is 82.6 Å². The second kappa shape index (κ2) is 13.4. The fraction of sp³-hybridized carbons (Fsp3) is 0.606. The van der Waals surface area contributed by atoms with Gasteiger partial charge >= 0.3 is 12.1 Å². The topological polar surface area (TPSA) is 140 Å². The number of carboxylic acid groups (broad SMARTS) is 1. The minimum atomic E-state index is -1.39.